The van der Waals surface area contributed by atoms with Gasteiger partial charge in [0.2, 0.25) is 0 Å². The summed E-state index contributed by atoms with van der Waals surface area (Å²) in [6.45, 7) is 0.540. The van der Waals surface area contributed by atoms with Crippen LogP contribution in [0.3, 0.4) is 0 Å². The Labute approximate surface area is 134 Å². The largest absolute Gasteiger partial charge is 0.445 e. The first kappa shape index (κ1) is 16.5. The third-order valence-corrected chi connectivity index (χ3v) is 3.04. The molecule has 0 aromatic heterocycles. The Hall–Kier alpha value is -2.84. The Morgan fingerprint density at radius 2 is 2.00 bits per heavy atom. The maximum Gasteiger partial charge on any atom is 0.408 e. The summed E-state index contributed by atoms with van der Waals surface area (Å²) >= 11 is 0. The molecule has 2 aromatic rings. The highest BCUT2D eigenvalue weighted by Crippen LogP contribution is 2.09. The van der Waals surface area contributed by atoms with Crippen LogP contribution in [0.1, 0.15) is 16.7 Å². The van der Waals surface area contributed by atoms with E-state index in [1.807, 2.05) is 30.3 Å². The number of rotatable bonds is 4. The first-order valence-electron chi connectivity index (χ1n) is 7.11. The zero-order chi connectivity index (χ0) is 16.5. The van der Waals surface area contributed by atoms with E-state index in [0.29, 0.717) is 11.1 Å². The monoisotopic (exact) mass is 312 g/mol. The predicted octanol–water partition coefficient (Wildman–Crippen LogP) is 2.56. The first-order valence-corrected chi connectivity index (χ1v) is 7.11. The molecule has 0 saturated carbocycles. The topological polar surface area (TPSA) is 64.3 Å². The van der Waals surface area contributed by atoms with Gasteiger partial charge < -0.3 is 15.8 Å². The summed E-state index contributed by atoms with van der Waals surface area (Å²) in [6, 6.07) is 13.6. The average molecular weight is 312 g/mol. The van der Waals surface area contributed by atoms with Crippen molar-refractivity contribution >= 4 is 6.09 Å². The van der Waals surface area contributed by atoms with E-state index in [0.717, 1.165) is 5.56 Å². The van der Waals surface area contributed by atoms with Gasteiger partial charge in [0, 0.05) is 12.1 Å². The maximum absolute atomic E-state index is 13.1. The number of amides is 1. The highest BCUT2D eigenvalue weighted by atomic mass is 19.1. The molecule has 1 amide bonds. The third kappa shape index (κ3) is 5.46. The van der Waals surface area contributed by atoms with Crippen molar-refractivity contribution in [2.24, 2.45) is 5.73 Å². The minimum atomic E-state index is -0.540. The number of alkyl carbamates (subject to hydrolysis) is 1. The first-order chi connectivity index (χ1) is 11.2. The summed E-state index contributed by atoms with van der Waals surface area (Å²) in [6.07, 6.45) is -0.540. The minimum Gasteiger partial charge on any atom is -0.445 e. The van der Waals surface area contributed by atoms with Gasteiger partial charge in [0.05, 0.1) is 6.54 Å². The van der Waals surface area contributed by atoms with Crippen molar-refractivity contribution in [1.82, 2.24) is 5.32 Å². The molecule has 0 heterocycles. The number of benzene rings is 2. The molecular formula is C18H17FN2O2. The van der Waals surface area contributed by atoms with Gasteiger partial charge in [-0.25, -0.2) is 9.18 Å². The van der Waals surface area contributed by atoms with Crippen LogP contribution in [-0.4, -0.2) is 12.6 Å². The highest BCUT2D eigenvalue weighted by molar-refractivity contribution is 5.67. The van der Waals surface area contributed by atoms with Crippen LogP contribution in [0.4, 0.5) is 9.18 Å². The molecule has 23 heavy (non-hydrogen) atoms. The van der Waals surface area contributed by atoms with E-state index in [4.69, 9.17) is 10.5 Å². The van der Waals surface area contributed by atoms with Crippen LogP contribution in [-0.2, 0) is 17.9 Å². The van der Waals surface area contributed by atoms with E-state index in [1.165, 1.54) is 12.1 Å². The molecule has 3 N–H and O–H groups in total. The van der Waals surface area contributed by atoms with Crippen LogP contribution in [0.15, 0.2) is 48.5 Å². The molecule has 0 unspecified atom stereocenters. The number of hydrogen-bond donors (Lipinski definition) is 2. The number of nitrogens with one attached hydrogen (secondary N) is 1. The van der Waals surface area contributed by atoms with Crippen molar-refractivity contribution < 1.29 is 13.9 Å². The Kier molecular flexibility index (Phi) is 6.16. The van der Waals surface area contributed by atoms with Crippen LogP contribution < -0.4 is 11.1 Å². The number of ether oxygens (including phenoxy) is 1. The van der Waals surface area contributed by atoms with Gasteiger partial charge in [0.1, 0.15) is 12.4 Å². The van der Waals surface area contributed by atoms with Gasteiger partial charge >= 0.3 is 6.09 Å². The molecule has 0 aliphatic carbocycles. The molecule has 0 bridgehead atoms. The van der Waals surface area contributed by atoms with Crippen molar-refractivity contribution in [3.8, 4) is 11.8 Å². The molecule has 0 radical (unpaired) electrons. The quantitative estimate of drug-likeness (QED) is 0.853. The Bertz CT molecular complexity index is 721. The number of carbonyl (C=O) groups is 1. The van der Waals surface area contributed by atoms with E-state index >= 15 is 0 Å². The molecule has 0 spiro atoms. The number of halogens is 1. The van der Waals surface area contributed by atoms with Crippen LogP contribution in [0.2, 0.25) is 0 Å². The molecule has 0 aliphatic rings. The molecule has 2 rings (SSSR count). The van der Waals surface area contributed by atoms with Crippen LogP contribution >= 0.6 is 0 Å². The van der Waals surface area contributed by atoms with E-state index in [2.05, 4.69) is 17.2 Å². The summed E-state index contributed by atoms with van der Waals surface area (Å²) in [5, 5.41) is 2.53. The smallest absolute Gasteiger partial charge is 0.408 e. The Balaban J connectivity index is 1.80. The van der Waals surface area contributed by atoms with Crippen molar-refractivity contribution in [2.75, 3.05) is 6.54 Å². The maximum atomic E-state index is 13.1. The molecule has 0 atom stereocenters. The predicted molar refractivity (Wildman–Crippen MR) is 85.8 cm³/mol. The van der Waals surface area contributed by atoms with Gasteiger partial charge in [0.15, 0.2) is 0 Å². The summed E-state index contributed by atoms with van der Waals surface area (Å²) in [5.41, 5.74) is 7.73. The van der Waals surface area contributed by atoms with E-state index in [-0.39, 0.29) is 25.5 Å². The molecule has 118 valence electrons. The zero-order valence-corrected chi connectivity index (χ0v) is 12.5. The van der Waals surface area contributed by atoms with Crippen LogP contribution in [0.25, 0.3) is 0 Å². The van der Waals surface area contributed by atoms with Crippen LogP contribution in [0.5, 0.6) is 0 Å². The average Bonchev–Trinajstić information content (AvgIpc) is 2.58. The molecule has 0 aliphatic heterocycles. The molecule has 2 aromatic carbocycles. The Morgan fingerprint density at radius 1 is 1.22 bits per heavy atom. The lowest BCUT2D eigenvalue weighted by Gasteiger charge is -2.04. The lowest BCUT2D eigenvalue weighted by atomic mass is 10.1. The lowest BCUT2D eigenvalue weighted by Crippen LogP contribution is -2.24. The van der Waals surface area contributed by atoms with Crippen molar-refractivity contribution in [3.05, 3.63) is 71.0 Å². The number of hydrogen-bond acceptors (Lipinski definition) is 3. The van der Waals surface area contributed by atoms with Gasteiger partial charge in [-0.3, -0.25) is 0 Å². The van der Waals surface area contributed by atoms with Gasteiger partial charge in [0.25, 0.3) is 0 Å². The van der Waals surface area contributed by atoms with Gasteiger partial charge in [-0.2, -0.15) is 0 Å². The summed E-state index contributed by atoms with van der Waals surface area (Å²) in [5.74, 6) is 5.29. The number of nitrogens with two attached hydrogens (primary N) is 1. The van der Waals surface area contributed by atoms with E-state index in [1.54, 1.807) is 6.07 Å². The van der Waals surface area contributed by atoms with E-state index in [9.17, 15) is 9.18 Å². The molecule has 5 heteroatoms. The van der Waals surface area contributed by atoms with Gasteiger partial charge in [-0.05, 0) is 29.3 Å². The lowest BCUT2D eigenvalue weighted by molar-refractivity contribution is 0.141. The molecule has 0 fully saturated rings. The highest BCUT2D eigenvalue weighted by Gasteiger charge is 2.01. The minimum absolute atomic E-state index is 0.134. The Morgan fingerprint density at radius 3 is 2.74 bits per heavy atom. The van der Waals surface area contributed by atoms with Gasteiger partial charge in [-0.15, -0.1) is 0 Å². The van der Waals surface area contributed by atoms with Gasteiger partial charge in [-0.1, -0.05) is 42.2 Å². The van der Waals surface area contributed by atoms with Crippen molar-refractivity contribution in [3.63, 3.8) is 0 Å². The summed E-state index contributed by atoms with van der Waals surface area (Å²) < 4.78 is 18.1. The summed E-state index contributed by atoms with van der Waals surface area (Å²) in [4.78, 5) is 11.5. The third-order valence-electron chi connectivity index (χ3n) is 3.04. The van der Waals surface area contributed by atoms with Crippen LogP contribution in [0, 0.1) is 17.7 Å². The van der Waals surface area contributed by atoms with E-state index < -0.39 is 6.09 Å². The second-order valence-electron chi connectivity index (χ2n) is 4.72. The SMILES string of the molecule is NCc1cc(F)ccc1C#CCNC(=O)OCc1ccccc1. The second kappa shape index (κ2) is 8.57. The second-order valence-corrected chi connectivity index (χ2v) is 4.72. The number of carbonyl (C=O) groups excluding carboxylic acids is 1. The normalized spacial score (nSPS) is 9.65. The summed E-state index contributed by atoms with van der Waals surface area (Å²) in [7, 11) is 0. The standard InChI is InChI=1S/C18H17FN2O2/c19-17-9-8-15(16(11-17)12-20)7-4-10-21-18(22)23-13-14-5-2-1-3-6-14/h1-3,5-6,8-9,11H,10,12-13,20H2,(H,21,22). The fourth-order valence-electron chi connectivity index (χ4n) is 1.88. The van der Waals surface area contributed by atoms with Crippen molar-refractivity contribution in [2.45, 2.75) is 13.2 Å². The molecule has 0 saturated heterocycles. The fraction of sp³-hybridized carbons (Fsp3) is 0.167. The molecular weight excluding hydrogens is 295 g/mol. The fourth-order valence-corrected chi connectivity index (χ4v) is 1.88. The molecule has 4 nitrogen and oxygen atoms in total. The zero-order valence-electron chi connectivity index (χ0n) is 12.5. The van der Waals surface area contributed by atoms with Crippen molar-refractivity contribution in [1.29, 1.82) is 0 Å².